The van der Waals surface area contributed by atoms with Gasteiger partial charge in [-0.25, -0.2) is 4.99 Å². The quantitative estimate of drug-likeness (QED) is 0.232. The molecule has 1 amide bonds. The van der Waals surface area contributed by atoms with Gasteiger partial charge in [0, 0.05) is 31.2 Å². The van der Waals surface area contributed by atoms with Gasteiger partial charge in [-0.3, -0.25) is 4.79 Å². The van der Waals surface area contributed by atoms with Crippen LogP contribution in [0.3, 0.4) is 0 Å². The zero-order valence-corrected chi connectivity index (χ0v) is 21.9. The van der Waals surface area contributed by atoms with Crippen molar-refractivity contribution < 1.29 is 14.3 Å². The van der Waals surface area contributed by atoms with Crippen LogP contribution >= 0.6 is 24.0 Å². The third-order valence-electron chi connectivity index (χ3n) is 6.40. The number of hydrogen-bond donors (Lipinski definition) is 3. The number of aliphatic imine (C=N–C) groups is 1. The molecule has 2 saturated carbocycles. The number of carbonyl (C=O) groups excluding carboxylic acids is 1. The normalized spacial score (nSPS) is 21.4. The van der Waals surface area contributed by atoms with E-state index < -0.39 is 0 Å². The Hall–Kier alpha value is -1.55. The summed E-state index contributed by atoms with van der Waals surface area (Å²) in [5.41, 5.74) is 1.31. The zero-order chi connectivity index (χ0) is 22.1. The Morgan fingerprint density at radius 1 is 1.16 bits per heavy atom. The van der Waals surface area contributed by atoms with Crippen LogP contribution in [0.15, 0.2) is 29.3 Å². The van der Waals surface area contributed by atoms with Gasteiger partial charge >= 0.3 is 0 Å². The van der Waals surface area contributed by atoms with Gasteiger partial charge < -0.3 is 25.4 Å². The van der Waals surface area contributed by atoms with Crippen LogP contribution in [0.5, 0.6) is 5.75 Å². The van der Waals surface area contributed by atoms with E-state index in [1.54, 1.807) is 0 Å². The van der Waals surface area contributed by atoms with Gasteiger partial charge in [0.1, 0.15) is 5.75 Å². The van der Waals surface area contributed by atoms with Crippen LogP contribution in [0.2, 0.25) is 0 Å². The van der Waals surface area contributed by atoms with Crippen LogP contribution in [0.4, 0.5) is 0 Å². The molecule has 0 bridgehead atoms. The van der Waals surface area contributed by atoms with Crippen molar-refractivity contribution in [3.05, 3.63) is 29.8 Å². The van der Waals surface area contributed by atoms with Crippen LogP contribution in [0, 0.1) is 5.41 Å². The lowest BCUT2D eigenvalue weighted by atomic mass is 9.60. The molecule has 0 heterocycles. The summed E-state index contributed by atoms with van der Waals surface area (Å²) in [6.07, 6.45) is 6.47. The maximum atomic E-state index is 11.6. The Morgan fingerprint density at radius 3 is 2.59 bits per heavy atom. The Kier molecular flexibility index (Phi) is 11.0. The molecule has 1 aromatic rings. The molecule has 2 fully saturated rings. The topological polar surface area (TPSA) is 84.0 Å². The summed E-state index contributed by atoms with van der Waals surface area (Å²) in [7, 11) is 0. The summed E-state index contributed by atoms with van der Waals surface area (Å²) in [6, 6.07) is 8.18. The molecule has 180 valence electrons. The molecule has 0 aromatic heterocycles. The van der Waals surface area contributed by atoms with Crippen molar-refractivity contribution in [2.24, 2.45) is 10.4 Å². The van der Waals surface area contributed by atoms with Crippen molar-refractivity contribution in [2.45, 2.75) is 71.6 Å². The number of amides is 1. The highest BCUT2D eigenvalue weighted by molar-refractivity contribution is 14.0. The fourth-order valence-electron chi connectivity index (χ4n) is 4.88. The highest BCUT2D eigenvalue weighted by atomic mass is 127. The lowest BCUT2D eigenvalue weighted by molar-refractivity contribution is -0.125. The van der Waals surface area contributed by atoms with Gasteiger partial charge in [0.25, 0.3) is 5.91 Å². The van der Waals surface area contributed by atoms with Crippen LogP contribution < -0.4 is 20.7 Å². The van der Waals surface area contributed by atoms with Gasteiger partial charge in [0.05, 0.1) is 12.6 Å². The van der Waals surface area contributed by atoms with E-state index >= 15 is 0 Å². The molecule has 3 rings (SSSR count). The Labute approximate surface area is 209 Å². The number of nitrogens with zero attached hydrogens (tertiary/aromatic N) is 1. The highest BCUT2D eigenvalue weighted by Gasteiger charge is 2.56. The maximum Gasteiger partial charge on any atom is 0.257 e. The average Bonchev–Trinajstić information content (AvgIpc) is 3.29. The average molecular weight is 559 g/mol. The van der Waals surface area contributed by atoms with Gasteiger partial charge in [-0.1, -0.05) is 25.0 Å². The Bertz CT molecular complexity index is 753. The van der Waals surface area contributed by atoms with Crippen molar-refractivity contribution in [3.63, 3.8) is 0 Å². The van der Waals surface area contributed by atoms with E-state index in [0.29, 0.717) is 31.0 Å². The SMILES string of the molecule is CCNC(=O)COc1cccc(CN=C(NCC)NC2CC(OCC)C23CCCC3)c1.I. The lowest BCUT2D eigenvalue weighted by Crippen LogP contribution is -2.65. The number of hydrogen-bond acceptors (Lipinski definition) is 4. The van der Waals surface area contributed by atoms with E-state index in [1.807, 2.05) is 31.2 Å². The first-order chi connectivity index (χ1) is 15.1. The maximum absolute atomic E-state index is 11.6. The summed E-state index contributed by atoms with van der Waals surface area (Å²) < 4.78 is 11.6. The van der Waals surface area contributed by atoms with Crippen LogP contribution in [-0.2, 0) is 16.1 Å². The molecule has 1 aromatic carbocycles. The van der Waals surface area contributed by atoms with Crippen molar-refractivity contribution in [3.8, 4) is 5.75 Å². The molecule has 2 unspecified atom stereocenters. The first-order valence-corrected chi connectivity index (χ1v) is 11.8. The summed E-state index contributed by atoms with van der Waals surface area (Å²) in [4.78, 5) is 16.4. The number of carbonyl (C=O) groups is 1. The van der Waals surface area contributed by atoms with Crippen molar-refractivity contribution in [1.29, 1.82) is 0 Å². The number of nitrogens with one attached hydrogen (secondary N) is 3. The van der Waals surface area contributed by atoms with Crippen LogP contribution in [0.25, 0.3) is 0 Å². The van der Waals surface area contributed by atoms with E-state index in [1.165, 1.54) is 25.7 Å². The molecule has 0 saturated heterocycles. The van der Waals surface area contributed by atoms with E-state index in [9.17, 15) is 4.79 Å². The summed E-state index contributed by atoms with van der Waals surface area (Å²) in [5.74, 6) is 1.42. The van der Waals surface area contributed by atoms with Crippen molar-refractivity contribution in [2.75, 3.05) is 26.3 Å². The largest absolute Gasteiger partial charge is 0.484 e. The van der Waals surface area contributed by atoms with E-state index in [0.717, 1.165) is 31.1 Å². The van der Waals surface area contributed by atoms with E-state index in [-0.39, 0.29) is 41.9 Å². The van der Waals surface area contributed by atoms with Gasteiger partial charge in [0.2, 0.25) is 0 Å². The molecule has 3 N–H and O–H groups in total. The van der Waals surface area contributed by atoms with E-state index in [2.05, 4.69) is 29.8 Å². The number of rotatable bonds is 10. The smallest absolute Gasteiger partial charge is 0.257 e. The molecule has 2 aliphatic rings. The van der Waals surface area contributed by atoms with Gasteiger partial charge in [-0.05, 0) is 57.7 Å². The van der Waals surface area contributed by atoms with Gasteiger partial charge in [0.15, 0.2) is 12.6 Å². The van der Waals surface area contributed by atoms with Gasteiger partial charge in [-0.15, -0.1) is 24.0 Å². The lowest BCUT2D eigenvalue weighted by Gasteiger charge is -2.54. The Balaban J connectivity index is 0.00000363. The summed E-state index contributed by atoms with van der Waals surface area (Å²) in [5, 5.41) is 9.81. The predicted octanol–water partition coefficient (Wildman–Crippen LogP) is 3.61. The second kappa shape index (κ2) is 13.2. The molecule has 1 spiro atoms. The first kappa shape index (κ1) is 26.7. The third kappa shape index (κ3) is 6.73. The minimum atomic E-state index is -0.115. The fourth-order valence-corrected chi connectivity index (χ4v) is 4.88. The molecule has 0 radical (unpaired) electrons. The molecular formula is C24H39IN4O3. The minimum absolute atomic E-state index is 0. The first-order valence-electron chi connectivity index (χ1n) is 11.8. The van der Waals surface area contributed by atoms with E-state index in [4.69, 9.17) is 14.5 Å². The molecule has 2 aliphatic carbocycles. The molecule has 2 atom stereocenters. The second-order valence-electron chi connectivity index (χ2n) is 8.40. The van der Waals surface area contributed by atoms with Crippen molar-refractivity contribution in [1.82, 2.24) is 16.0 Å². The van der Waals surface area contributed by atoms with Crippen molar-refractivity contribution >= 4 is 35.8 Å². The summed E-state index contributed by atoms with van der Waals surface area (Å²) >= 11 is 0. The fraction of sp³-hybridized carbons (Fsp3) is 0.667. The highest BCUT2D eigenvalue weighted by Crippen LogP contribution is 2.54. The third-order valence-corrected chi connectivity index (χ3v) is 6.40. The Morgan fingerprint density at radius 2 is 1.91 bits per heavy atom. The molecule has 32 heavy (non-hydrogen) atoms. The number of benzene rings is 1. The molecule has 8 heteroatoms. The van der Waals surface area contributed by atoms with Crippen LogP contribution in [-0.4, -0.2) is 50.3 Å². The van der Waals surface area contributed by atoms with Gasteiger partial charge in [-0.2, -0.15) is 0 Å². The molecule has 0 aliphatic heterocycles. The number of likely N-dealkylation sites (N-methyl/N-ethyl adjacent to an activating group) is 1. The molecular weight excluding hydrogens is 519 g/mol. The number of ether oxygens (including phenoxy) is 2. The second-order valence-corrected chi connectivity index (χ2v) is 8.40. The minimum Gasteiger partial charge on any atom is -0.484 e. The predicted molar refractivity (Wildman–Crippen MR) is 139 cm³/mol. The zero-order valence-electron chi connectivity index (χ0n) is 19.6. The number of halogens is 1. The summed E-state index contributed by atoms with van der Waals surface area (Å²) in [6.45, 7) is 8.83. The standard InChI is InChI=1S/C24H38N4O3.HI/c1-4-25-22(29)17-31-19-11-9-10-18(14-19)16-27-23(26-5-2)28-20-15-21(30-6-3)24(20)12-7-8-13-24;/h9-11,14,20-21H,4-8,12-13,15-17H2,1-3H3,(H,25,29)(H2,26,27,28);1H. The monoisotopic (exact) mass is 558 g/mol. The number of guanidine groups is 1. The molecule has 7 nitrogen and oxygen atoms in total. The van der Waals surface area contributed by atoms with Crippen LogP contribution in [0.1, 0.15) is 58.4 Å².